The summed E-state index contributed by atoms with van der Waals surface area (Å²) in [6.07, 6.45) is 1.51. The smallest absolute Gasteiger partial charge is 0.216 e. The van der Waals surface area contributed by atoms with Crippen molar-refractivity contribution in [1.82, 2.24) is 15.3 Å². The maximum Gasteiger partial charge on any atom is 0.216 e. The van der Waals surface area contributed by atoms with Crippen LogP contribution in [0.15, 0.2) is 12.4 Å². The van der Waals surface area contributed by atoms with Gasteiger partial charge >= 0.3 is 0 Å². The summed E-state index contributed by atoms with van der Waals surface area (Å²) in [6.45, 7) is 7.60. The van der Waals surface area contributed by atoms with Crippen molar-refractivity contribution in [1.29, 1.82) is 0 Å². The Balaban J connectivity index is 2.25. The lowest BCUT2D eigenvalue weighted by Crippen LogP contribution is -2.27. The molecule has 4 nitrogen and oxygen atoms in total. The van der Waals surface area contributed by atoms with Crippen LogP contribution in [0, 0.1) is 6.92 Å². The summed E-state index contributed by atoms with van der Waals surface area (Å²) in [4.78, 5) is 7.98. The maximum absolute atomic E-state index is 5.42. The lowest BCUT2D eigenvalue weighted by molar-refractivity contribution is 0.297. The van der Waals surface area contributed by atoms with Crippen molar-refractivity contribution in [2.75, 3.05) is 13.2 Å². The Kier molecular flexibility index (Phi) is 4.32. The predicted octanol–water partition coefficient (Wildman–Crippen LogP) is 1.16. The molecule has 0 aliphatic rings. The molecule has 0 atom stereocenters. The highest BCUT2D eigenvalue weighted by Crippen LogP contribution is 2.04. The van der Waals surface area contributed by atoms with Gasteiger partial charge in [0.15, 0.2) is 0 Å². The number of nitrogens with one attached hydrogen (secondary N) is 1. The largest absolute Gasteiger partial charge is 0.476 e. The first-order chi connectivity index (χ1) is 6.68. The summed E-state index contributed by atoms with van der Waals surface area (Å²) in [6, 6.07) is 2.32. The minimum atomic E-state index is 0.491. The Bertz CT molecular complexity index is 276. The molecular weight excluding hydrogens is 178 g/mol. The van der Waals surface area contributed by atoms with Crippen molar-refractivity contribution in [2.45, 2.75) is 26.8 Å². The van der Waals surface area contributed by atoms with Crippen LogP contribution in [0.3, 0.4) is 0 Å². The van der Waals surface area contributed by atoms with Crippen molar-refractivity contribution in [3.05, 3.63) is 18.1 Å². The van der Waals surface area contributed by atoms with E-state index in [0.29, 0.717) is 18.5 Å². The fourth-order valence-electron chi connectivity index (χ4n) is 1.01. The minimum Gasteiger partial charge on any atom is -0.476 e. The second kappa shape index (κ2) is 5.54. The normalized spacial score (nSPS) is 10.6. The molecule has 0 spiro atoms. The van der Waals surface area contributed by atoms with Gasteiger partial charge in [-0.1, -0.05) is 13.8 Å². The van der Waals surface area contributed by atoms with Crippen molar-refractivity contribution in [2.24, 2.45) is 0 Å². The van der Waals surface area contributed by atoms with Crippen LogP contribution in [-0.2, 0) is 0 Å². The molecule has 1 aromatic rings. The Morgan fingerprint density at radius 2 is 2.21 bits per heavy atom. The quantitative estimate of drug-likeness (QED) is 0.716. The van der Waals surface area contributed by atoms with E-state index in [0.717, 1.165) is 12.2 Å². The van der Waals surface area contributed by atoms with Crippen molar-refractivity contribution in [3.8, 4) is 5.88 Å². The standard InChI is InChI=1S/C10H17N3O/c1-8(2)11-4-5-14-10-6-9(3)12-7-13-10/h6-8,11H,4-5H2,1-3H3. The number of ether oxygens (including phenoxy) is 1. The fraction of sp³-hybridized carbons (Fsp3) is 0.600. The molecule has 0 radical (unpaired) electrons. The lowest BCUT2D eigenvalue weighted by Gasteiger charge is -2.08. The van der Waals surface area contributed by atoms with Gasteiger partial charge in [0, 0.05) is 24.3 Å². The summed E-state index contributed by atoms with van der Waals surface area (Å²) < 4.78 is 5.42. The van der Waals surface area contributed by atoms with Gasteiger partial charge in [0.05, 0.1) is 0 Å². The average molecular weight is 195 g/mol. The van der Waals surface area contributed by atoms with E-state index in [1.807, 2.05) is 13.0 Å². The van der Waals surface area contributed by atoms with E-state index >= 15 is 0 Å². The number of hydrogen-bond acceptors (Lipinski definition) is 4. The SMILES string of the molecule is Cc1cc(OCCNC(C)C)ncn1. The molecule has 78 valence electrons. The molecule has 0 fully saturated rings. The van der Waals surface area contributed by atoms with Crippen LogP contribution in [-0.4, -0.2) is 29.2 Å². The molecular formula is C10H17N3O. The number of aryl methyl sites for hydroxylation is 1. The molecule has 0 aliphatic heterocycles. The first-order valence-corrected chi connectivity index (χ1v) is 4.83. The van der Waals surface area contributed by atoms with Crippen molar-refractivity contribution in [3.63, 3.8) is 0 Å². The van der Waals surface area contributed by atoms with E-state index in [1.54, 1.807) is 0 Å². The average Bonchev–Trinajstić information content (AvgIpc) is 2.12. The third-order valence-corrected chi connectivity index (χ3v) is 1.68. The zero-order chi connectivity index (χ0) is 10.4. The monoisotopic (exact) mass is 195 g/mol. The van der Waals surface area contributed by atoms with E-state index in [4.69, 9.17) is 4.74 Å². The van der Waals surface area contributed by atoms with E-state index in [2.05, 4.69) is 29.1 Å². The molecule has 1 N–H and O–H groups in total. The van der Waals surface area contributed by atoms with E-state index in [1.165, 1.54) is 6.33 Å². The highest BCUT2D eigenvalue weighted by Gasteiger charge is 1.96. The lowest BCUT2D eigenvalue weighted by atomic mass is 10.4. The van der Waals surface area contributed by atoms with Crippen molar-refractivity contribution < 1.29 is 4.74 Å². The third-order valence-electron chi connectivity index (χ3n) is 1.68. The van der Waals surface area contributed by atoms with E-state index in [-0.39, 0.29) is 0 Å². The summed E-state index contributed by atoms with van der Waals surface area (Å²) in [5.74, 6) is 0.642. The van der Waals surface area contributed by atoms with Crippen LogP contribution in [0.2, 0.25) is 0 Å². The molecule has 0 unspecified atom stereocenters. The van der Waals surface area contributed by atoms with Crippen molar-refractivity contribution >= 4 is 0 Å². The summed E-state index contributed by atoms with van der Waals surface area (Å²) in [5, 5.41) is 3.26. The second-order valence-electron chi connectivity index (χ2n) is 3.45. The van der Waals surface area contributed by atoms with Crippen LogP contribution >= 0.6 is 0 Å². The fourth-order valence-corrected chi connectivity index (χ4v) is 1.01. The van der Waals surface area contributed by atoms with Gasteiger partial charge in [-0.15, -0.1) is 0 Å². The van der Waals surface area contributed by atoms with Crippen LogP contribution in [0.25, 0.3) is 0 Å². The first-order valence-electron chi connectivity index (χ1n) is 4.83. The van der Waals surface area contributed by atoms with Crippen LogP contribution in [0.4, 0.5) is 0 Å². The molecule has 0 amide bonds. The van der Waals surface area contributed by atoms with E-state index in [9.17, 15) is 0 Å². The van der Waals surface area contributed by atoms with Gasteiger partial charge < -0.3 is 10.1 Å². The molecule has 4 heteroatoms. The summed E-state index contributed by atoms with van der Waals surface area (Å²) in [5.41, 5.74) is 0.923. The van der Waals surface area contributed by atoms with E-state index < -0.39 is 0 Å². The third kappa shape index (κ3) is 4.18. The Morgan fingerprint density at radius 1 is 1.43 bits per heavy atom. The van der Waals surface area contributed by atoms with Gasteiger partial charge in [0.25, 0.3) is 0 Å². The molecule has 0 aliphatic carbocycles. The molecule has 1 aromatic heterocycles. The molecule has 0 saturated heterocycles. The zero-order valence-electron chi connectivity index (χ0n) is 8.95. The maximum atomic E-state index is 5.42. The molecule has 1 rings (SSSR count). The molecule has 0 aromatic carbocycles. The summed E-state index contributed by atoms with van der Waals surface area (Å²) >= 11 is 0. The minimum absolute atomic E-state index is 0.491. The van der Waals surface area contributed by atoms with Crippen LogP contribution < -0.4 is 10.1 Å². The van der Waals surface area contributed by atoms with Gasteiger partial charge in [0.1, 0.15) is 12.9 Å². The Morgan fingerprint density at radius 3 is 2.86 bits per heavy atom. The molecule has 1 heterocycles. The second-order valence-corrected chi connectivity index (χ2v) is 3.45. The van der Waals surface area contributed by atoms with Crippen LogP contribution in [0.5, 0.6) is 5.88 Å². The summed E-state index contributed by atoms with van der Waals surface area (Å²) in [7, 11) is 0. The van der Waals surface area contributed by atoms with Gasteiger partial charge in [-0.2, -0.15) is 0 Å². The predicted molar refractivity (Wildman–Crippen MR) is 55.4 cm³/mol. The number of rotatable bonds is 5. The van der Waals surface area contributed by atoms with Gasteiger partial charge in [-0.3, -0.25) is 0 Å². The Hall–Kier alpha value is -1.16. The van der Waals surface area contributed by atoms with Gasteiger partial charge in [-0.05, 0) is 6.92 Å². The number of aromatic nitrogens is 2. The Labute approximate surface area is 84.7 Å². The number of hydrogen-bond donors (Lipinski definition) is 1. The number of nitrogens with zero attached hydrogens (tertiary/aromatic N) is 2. The molecule has 0 bridgehead atoms. The highest BCUT2D eigenvalue weighted by atomic mass is 16.5. The highest BCUT2D eigenvalue weighted by molar-refractivity contribution is 5.11. The zero-order valence-corrected chi connectivity index (χ0v) is 8.95. The van der Waals surface area contributed by atoms with Gasteiger partial charge in [0.2, 0.25) is 5.88 Å². The molecule has 0 saturated carbocycles. The first kappa shape index (κ1) is 10.9. The van der Waals surface area contributed by atoms with Crippen LogP contribution in [0.1, 0.15) is 19.5 Å². The van der Waals surface area contributed by atoms with Gasteiger partial charge in [-0.25, -0.2) is 9.97 Å². The topological polar surface area (TPSA) is 47.0 Å². The molecule has 14 heavy (non-hydrogen) atoms.